The first kappa shape index (κ1) is 23.0. The summed E-state index contributed by atoms with van der Waals surface area (Å²) in [5, 5.41) is 14.8. The number of hydrogen-bond acceptors (Lipinski definition) is 4. The quantitative estimate of drug-likeness (QED) is 0.515. The second kappa shape index (κ2) is 6.87. The van der Waals surface area contributed by atoms with Crippen molar-refractivity contribution in [1.82, 2.24) is 5.16 Å². The van der Waals surface area contributed by atoms with Crippen LogP contribution in [0.25, 0.3) is 0 Å². The van der Waals surface area contributed by atoms with Crippen LogP contribution in [0.4, 0.5) is 0 Å². The number of aromatic nitrogens is 1. The summed E-state index contributed by atoms with van der Waals surface area (Å²) >= 11 is 0. The van der Waals surface area contributed by atoms with Crippen LogP contribution in [0.3, 0.4) is 0 Å². The van der Waals surface area contributed by atoms with Gasteiger partial charge in [-0.15, -0.1) is 0 Å². The van der Waals surface area contributed by atoms with E-state index in [2.05, 4.69) is 52.8 Å². The normalized spacial score (nSPS) is 49.1. The Bertz CT molecular complexity index is 1070. The molecule has 5 aliphatic carbocycles. The molecular formula is C30H43NO3. The molecule has 0 aliphatic heterocycles. The van der Waals surface area contributed by atoms with Crippen molar-refractivity contribution in [2.45, 2.75) is 98.8 Å². The fourth-order valence-electron chi connectivity index (χ4n) is 10.2. The average molecular weight is 466 g/mol. The molecule has 6 rings (SSSR count). The predicted molar refractivity (Wildman–Crippen MR) is 132 cm³/mol. The third-order valence-electron chi connectivity index (χ3n) is 12.5. The number of rotatable bonds is 1. The molecule has 34 heavy (non-hydrogen) atoms. The molecule has 1 aromatic heterocycles. The van der Waals surface area contributed by atoms with Gasteiger partial charge in [0.15, 0.2) is 5.78 Å². The molecule has 1 heterocycles. The van der Waals surface area contributed by atoms with Crippen molar-refractivity contribution in [2.24, 2.45) is 44.8 Å². The van der Waals surface area contributed by atoms with E-state index in [0.29, 0.717) is 17.6 Å². The molecule has 1 aromatic rings. The average Bonchev–Trinajstić information content (AvgIpc) is 3.23. The van der Waals surface area contributed by atoms with Gasteiger partial charge in [-0.05, 0) is 96.4 Å². The third kappa shape index (κ3) is 2.64. The summed E-state index contributed by atoms with van der Waals surface area (Å²) in [5.41, 5.74) is 2.71. The van der Waals surface area contributed by atoms with E-state index >= 15 is 0 Å². The van der Waals surface area contributed by atoms with Crippen molar-refractivity contribution < 1.29 is 14.4 Å². The molecule has 1 N–H and O–H groups in total. The standard InChI is InChI=1S/C30H43NO3/c1-18-20-7-8-28(5)23(27(20,4)14-19-16-31-34-25(18)19)13-22(33)24-21-15-26(2,3)9-11-30(21,17-32)12-10-29(24,28)6/h13,16,18,20-21,24,32H,7-12,14-15,17H2,1-6H3/t18-,20-,21?,24?,27-,28+,29+,30+/m0/s1. The molecule has 3 saturated carbocycles. The number of aliphatic hydroxyl groups is 1. The maximum absolute atomic E-state index is 14.3. The van der Waals surface area contributed by atoms with Gasteiger partial charge in [-0.1, -0.05) is 52.3 Å². The number of nitrogens with zero attached hydrogens (tertiary/aromatic N) is 1. The lowest BCUT2D eigenvalue weighted by Crippen LogP contribution is -2.64. The molecule has 5 aliphatic rings. The van der Waals surface area contributed by atoms with E-state index in [-0.39, 0.29) is 45.5 Å². The van der Waals surface area contributed by atoms with Crippen LogP contribution in [0.1, 0.15) is 104 Å². The molecule has 0 radical (unpaired) electrons. The Hall–Kier alpha value is -1.42. The van der Waals surface area contributed by atoms with Crippen molar-refractivity contribution >= 4 is 5.78 Å². The van der Waals surface area contributed by atoms with Crippen LogP contribution < -0.4 is 0 Å². The maximum atomic E-state index is 14.3. The Kier molecular flexibility index (Phi) is 4.65. The van der Waals surface area contributed by atoms with E-state index in [1.165, 1.54) is 17.6 Å². The van der Waals surface area contributed by atoms with Gasteiger partial charge in [0.2, 0.25) is 0 Å². The molecule has 0 saturated heterocycles. The number of carbonyl (C=O) groups excluding carboxylic acids is 1. The van der Waals surface area contributed by atoms with Gasteiger partial charge in [0, 0.05) is 24.0 Å². The van der Waals surface area contributed by atoms with Crippen molar-refractivity contribution in [3.63, 3.8) is 0 Å². The van der Waals surface area contributed by atoms with E-state index < -0.39 is 0 Å². The molecule has 3 fully saturated rings. The predicted octanol–water partition coefficient (Wildman–Crippen LogP) is 6.49. The van der Waals surface area contributed by atoms with Gasteiger partial charge in [0.25, 0.3) is 0 Å². The molecule has 0 amide bonds. The summed E-state index contributed by atoms with van der Waals surface area (Å²) in [6.07, 6.45) is 12.6. The van der Waals surface area contributed by atoms with E-state index in [1.807, 2.05) is 6.20 Å². The largest absolute Gasteiger partial charge is 0.396 e. The monoisotopic (exact) mass is 465 g/mol. The number of ketones is 1. The summed E-state index contributed by atoms with van der Waals surface area (Å²) in [6.45, 7) is 14.6. The second-order valence-electron chi connectivity index (χ2n) is 14.4. The smallest absolute Gasteiger partial charge is 0.159 e. The second-order valence-corrected chi connectivity index (χ2v) is 14.4. The summed E-state index contributed by atoms with van der Waals surface area (Å²) < 4.78 is 5.69. The number of hydrogen-bond donors (Lipinski definition) is 1. The summed E-state index contributed by atoms with van der Waals surface area (Å²) in [4.78, 5) is 14.3. The van der Waals surface area contributed by atoms with Gasteiger partial charge in [-0.25, -0.2) is 0 Å². The van der Waals surface area contributed by atoms with E-state index in [4.69, 9.17) is 4.52 Å². The minimum absolute atomic E-state index is 0.00835. The van der Waals surface area contributed by atoms with Crippen molar-refractivity contribution in [1.29, 1.82) is 0 Å². The van der Waals surface area contributed by atoms with Gasteiger partial charge < -0.3 is 9.63 Å². The Morgan fingerprint density at radius 1 is 1.06 bits per heavy atom. The molecule has 2 unspecified atom stereocenters. The molecular weight excluding hydrogens is 422 g/mol. The van der Waals surface area contributed by atoms with Crippen LogP contribution in [-0.2, 0) is 11.2 Å². The number of aliphatic hydroxyl groups excluding tert-OH is 1. The summed E-state index contributed by atoms with van der Waals surface area (Å²) in [7, 11) is 0. The van der Waals surface area contributed by atoms with E-state index in [9.17, 15) is 9.90 Å². The highest BCUT2D eigenvalue weighted by Crippen LogP contribution is 2.74. The van der Waals surface area contributed by atoms with Gasteiger partial charge in [-0.2, -0.15) is 0 Å². The first-order valence-electron chi connectivity index (χ1n) is 13.7. The zero-order valence-corrected chi connectivity index (χ0v) is 22.0. The Morgan fingerprint density at radius 3 is 2.53 bits per heavy atom. The van der Waals surface area contributed by atoms with Crippen LogP contribution in [0.15, 0.2) is 22.4 Å². The lowest BCUT2D eigenvalue weighted by atomic mass is 9.34. The molecule has 186 valence electrons. The molecule has 0 bridgehead atoms. The highest BCUT2D eigenvalue weighted by atomic mass is 16.5. The van der Waals surface area contributed by atoms with E-state index in [1.54, 1.807) is 0 Å². The minimum atomic E-state index is -0.0745. The maximum Gasteiger partial charge on any atom is 0.159 e. The summed E-state index contributed by atoms with van der Waals surface area (Å²) in [6, 6.07) is 0. The van der Waals surface area contributed by atoms with Crippen LogP contribution in [0.5, 0.6) is 0 Å². The molecule has 8 atom stereocenters. The van der Waals surface area contributed by atoms with Gasteiger partial charge >= 0.3 is 0 Å². The van der Waals surface area contributed by atoms with Crippen LogP contribution in [0.2, 0.25) is 0 Å². The Balaban J connectivity index is 1.49. The number of allylic oxidation sites excluding steroid dienone is 2. The Morgan fingerprint density at radius 2 is 1.79 bits per heavy atom. The zero-order chi connectivity index (χ0) is 24.3. The summed E-state index contributed by atoms with van der Waals surface area (Å²) in [5.74, 6) is 2.52. The lowest BCUT2D eigenvalue weighted by molar-refractivity contribution is -0.177. The Labute approximate surface area is 204 Å². The minimum Gasteiger partial charge on any atom is -0.396 e. The number of fused-ring (bicyclic) bond motifs is 8. The van der Waals surface area contributed by atoms with Gasteiger partial charge in [0.1, 0.15) is 5.76 Å². The van der Waals surface area contributed by atoms with Crippen molar-refractivity contribution in [3.8, 4) is 0 Å². The van der Waals surface area contributed by atoms with Crippen molar-refractivity contribution in [2.75, 3.05) is 6.61 Å². The fourth-order valence-corrected chi connectivity index (χ4v) is 10.2. The molecule has 4 heteroatoms. The van der Waals surface area contributed by atoms with Gasteiger partial charge in [-0.3, -0.25) is 4.79 Å². The molecule has 0 spiro atoms. The first-order chi connectivity index (χ1) is 15.9. The van der Waals surface area contributed by atoms with Crippen LogP contribution >= 0.6 is 0 Å². The SMILES string of the molecule is C[C@@H]1c2oncc2C[C@]2(C)C3=CC(=O)C4C5CC(C)(C)CC[C@]5(CO)CC[C@@]4(C)[C@]3(C)CC[C@@H]12. The van der Waals surface area contributed by atoms with Crippen LogP contribution in [-0.4, -0.2) is 22.7 Å². The molecule has 0 aromatic carbocycles. The first-order valence-corrected chi connectivity index (χ1v) is 13.7. The van der Waals surface area contributed by atoms with Crippen LogP contribution in [0, 0.1) is 44.8 Å². The number of carbonyl (C=O) groups is 1. The highest BCUT2D eigenvalue weighted by molar-refractivity contribution is 5.95. The fraction of sp³-hybridized carbons (Fsp3) is 0.800. The zero-order valence-electron chi connectivity index (χ0n) is 22.0. The topological polar surface area (TPSA) is 63.3 Å². The molecule has 4 nitrogen and oxygen atoms in total. The lowest BCUT2D eigenvalue weighted by Gasteiger charge is -2.69. The van der Waals surface area contributed by atoms with Gasteiger partial charge in [0.05, 0.1) is 6.20 Å². The van der Waals surface area contributed by atoms with Crippen molar-refractivity contribution in [3.05, 3.63) is 29.2 Å². The van der Waals surface area contributed by atoms with E-state index in [0.717, 1.165) is 50.7 Å². The highest BCUT2D eigenvalue weighted by Gasteiger charge is 2.68. The third-order valence-corrected chi connectivity index (χ3v) is 12.5.